The molecule has 0 saturated carbocycles. The molecule has 6 heteroatoms. The van der Waals surface area contributed by atoms with Crippen LogP contribution >= 0.6 is 11.3 Å². The van der Waals surface area contributed by atoms with Gasteiger partial charge < -0.3 is 9.42 Å². The summed E-state index contributed by atoms with van der Waals surface area (Å²) in [6.45, 7) is 7.96. The summed E-state index contributed by atoms with van der Waals surface area (Å²) in [4.78, 5) is 12.5. The van der Waals surface area contributed by atoms with E-state index in [2.05, 4.69) is 44.5 Å². The lowest BCUT2D eigenvalue weighted by Crippen LogP contribution is -2.22. The van der Waals surface area contributed by atoms with Crippen molar-refractivity contribution in [2.45, 2.75) is 33.2 Å². The minimum absolute atomic E-state index is 0.250. The standard InChI is InChI=1S/C17H20N4OS/c1-4-21(11-14-6-5-9-23-14)15-10-13(7-8-18-15)17-19-16(12(2)3)20-22-17/h5-10,12H,4,11H2,1-3H3. The second-order valence-electron chi connectivity index (χ2n) is 5.61. The number of rotatable bonds is 6. The molecule has 23 heavy (non-hydrogen) atoms. The van der Waals surface area contributed by atoms with E-state index in [4.69, 9.17) is 4.52 Å². The number of anilines is 1. The lowest BCUT2D eigenvalue weighted by Gasteiger charge is -2.21. The van der Waals surface area contributed by atoms with Gasteiger partial charge in [0.15, 0.2) is 5.82 Å². The van der Waals surface area contributed by atoms with Gasteiger partial charge in [0.1, 0.15) is 5.82 Å². The first-order valence-electron chi connectivity index (χ1n) is 7.74. The van der Waals surface area contributed by atoms with E-state index in [1.54, 1.807) is 17.5 Å². The third kappa shape index (κ3) is 3.59. The monoisotopic (exact) mass is 328 g/mol. The number of hydrogen-bond donors (Lipinski definition) is 0. The van der Waals surface area contributed by atoms with Gasteiger partial charge >= 0.3 is 0 Å². The molecule has 0 fully saturated rings. The third-order valence-corrected chi connectivity index (χ3v) is 4.44. The van der Waals surface area contributed by atoms with E-state index in [9.17, 15) is 0 Å². The molecule has 0 aliphatic heterocycles. The average Bonchev–Trinajstić information content (AvgIpc) is 3.24. The zero-order valence-corrected chi connectivity index (χ0v) is 14.4. The van der Waals surface area contributed by atoms with Crippen molar-refractivity contribution in [3.63, 3.8) is 0 Å². The first-order chi connectivity index (χ1) is 11.2. The molecule has 0 aliphatic carbocycles. The Hall–Kier alpha value is -2.21. The van der Waals surface area contributed by atoms with Crippen molar-refractivity contribution in [1.82, 2.24) is 15.1 Å². The van der Waals surface area contributed by atoms with Crippen LogP contribution in [0.3, 0.4) is 0 Å². The molecule has 0 spiro atoms. The van der Waals surface area contributed by atoms with Gasteiger partial charge in [0.25, 0.3) is 5.89 Å². The molecule has 0 saturated heterocycles. The highest BCUT2D eigenvalue weighted by Crippen LogP contribution is 2.24. The second-order valence-corrected chi connectivity index (χ2v) is 6.64. The van der Waals surface area contributed by atoms with Crippen molar-refractivity contribution in [3.8, 4) is 11.5 Å². The first-order valence-corrected chi connectivity index (χ1v) is 8.62. The summed E-state index contributed by atoms with van der Waals surface area (Å²) in [6, 6.07) is 8.13. The predicted octanol–water partition coefficient (Wildman–Crippen LogP) is 4.34. The zero-order chi connectivity index (χ0) is 16.2. The summed E-state index contributed by atoms with van der Waals surface area (Å²) in [5.41, 5.74) is 0.902. The van der Waals surface area contributed by atoms with Gasteiger partial charge in [-0.15, -0.1) is 11.3 Å². The molecular formula is C17H20N4OS. The van der Waals surface area contributed by atoms with Gasteiger partial charge in [0.2, 0.25) is 0 Å². The molecule has 0 unspecified atom stereocenters. The summed E-state index contributed by atoms with van der Waals surface area (Å²) in [5, 5.41) is 6.13. The van der Waals surface area contributed by atoms with Gasteiger partial charge in [-0.2, -0.15) is 4.98 Å². The Bertz CT molecular complexity index is 752. The van der Waals surface area contributed by atoms with Gasteiger partial charge in [0, 0.05) is 29.1 Å². The Labute approximate surface area is 140 Å². The van der Waals surface area contributed by atoms with Crippen LogP contribution in [-0.2, 0) is 6.54 Å². The van der Waals surface area contributed by atoms with Crippen molar-refractivity contribution < 1.29 is 4.52 Å². The minimum Gasteiger partial charge on any atom is -0.352 e. The third-order valence-electron chi connectivity index (χ3n) is 3.58. The topological polar surface area (TPSA) is 55.1 Å². The highest BCUT2D eigenvalue weighted by atomic mass is 32.1. The van der Waals surface area contributed by atoms with Crippen LogP contribution < -0.4 is 4.90 Å². The second kappa shape index (κ2) is 6.91. The fourth-order valence-electron chi connectivity index (χ4n) is 2.26. The average molecular weight is 328 g/mol. The van der Waals surface area contributed by atoms with E-state index < -0.39 is 0 Å². The summed E-state index contributed by atoms with van der Waals surface area (Å²) in [7, 11) is 0. The predicted molar refractivity (Wildman–Crippen MR) is 92.7 cm³/mol. The van der Waals surface area contributed by atoms with Crippen molar-refractivity contribution in [2.75, 3.05) is 11.4 Å². The maximum atomic E-state index is 5.38. The first kappa shape index (κ1) is 15.7. The van der Waals surface area contributed by atoms with E-state index >= 15 is 0 Å². The van der Waals surface area contributed by atoms with Crippen LogP contribution in [0.4, 0.5) is 5.82 Å². The minimum atomic E-state index is 0.250. The molecule has 0 amide bonds. The van der Waals surface area contributed by atoms with Crippen LogP contribution in [0, 0.1) is 0 Å². The summed E-state index contributed by atoms with van der Waals surface area (Å²) in [5.74, 6) is 2.44. The van der Waals surface area contributed by atoms with Crippen molar-refractivity contribution in [3.05, 3.63) is 46.5 Å². The maximum Gasteiger partial charge on any atom is 0.258 e. The molecule has 0 radical (unpaired) electrons. The molecule has 3 heterocycles. The smallest absolute Gasteiger partial charge is 0.258 e. The number of hydrogen-bond acceptors (Lipinski definition) is 6. The van der Waals surface area contributed by atoms with Gasteiger partial charge in [-0.25, -0.2) is 4.98 Å². The molecular weight excluding hydrogens is 308 g/mol. The van der Waals surface area contributed by atoms with Crippen molar-refractivity contribution in [1.29, 1.82) is 0 Å². The molecule has 0 bridgehead atoms. The van der Waals surface area contributed by atoms with Gasteiger partial charge in [-0.3, -0.25) is 0 Å². The maximum absolute atomic E-state index is 5.38. The SMILES string of the molecule is CCN(Cc1cccs1)c1cc(-c2nc(C(C)C)no2)ccn1. The fourth-order valence-corrected chi connectivity index (χ4v) is 2.98. The van der Waals surface area contributed by atoms with E-state index in [0.29, 0.717) is 5.89 Å². The summed E-state index contributed by atoms with van der Waals surface area (Å²) in [6.07, 6.45) is 1.79. The van der Waals surface area contributed by atoms with Gasteiger partial charge in [-0.05, 0) is 30.5 Å². The molecule has 120 valence electrons. The Morgan fingerprint density at radius 3 is 2.83 bits per heavy atom. The van der Waals surface area contributed by atoms with Crippen molar-refractivity contribution >= 4 is 17.2 Å². The summed E-state index contributed by atoms with van der Waals surface area (Å²) < 4.78 is 5.38. The van der Waals surface area contributed by atoms with Crippen LogP contribution in [0.2, 0.25) is 0 Å². The molecule has 0 aromatic carbocycles. The molecule has 0 atom stereocenters. The van der Waals surface area contributed by atoms with Gasteiger partial charge in [0.05, 0.1) is 6.54 Å². The van der Waals surface area contributed by atoms with E-state index in [-0.39, 0.29) is 5.92 Å². The highest BCUT2D eigenvalue weighted by molar-refractivity contribution is 7.09. The van der Waals surface area contributed by atoms with Crippen LogP contribution in [0.25, 0.3) is 11.5 Å². The normalized spacial score (nSPS) is 11.1. The van der Waals surface area contributed by atoms with Crippen LogP contribution in [0.5, 0.6) is 0 Å². The number of nitrogens with zero attached hydrogens (tertiary/aromatic N) is 4. The Kier molecular flexibility index (Phi) is 4.71. The molecule has 0 aliphatic rings. The van der Waals surface area contributed by atoms with Crippen LogP contribution in [0.1, 0.15) is 37.4 Å². The van der Waals surface area contributed by atoms with Crippen molar-refractivity contribution in [2.24, 2.45) is 0 Å². The Balaban J connectivity index is 1.85. The Morgan fingerprint density at radius 1 is 1.30 bits per heavy atom. The van der Waals surface area contributed by atoms with Crippen LogP contribution in [0.15, 0.2) is 40.4 Å². The van der Waals surface area contributed by atoms with E-state index in [1.165, 1.54) is 4.88 Å². The molecule has 5 nitrogen and oxygen atoms in total. The lowest BCUT2D eigenvalue weighted by molar-refractivity contribution is 0.419. The lowest BCUT2D eigenvalue weighted by atomic mass is 10.2. The van der Waals surface area contributed by atoms with E-state index in [1.807, 2.05) is 26.0 Å². The molecule has 3 rings (SSSR count). The molecule has 3 aromatic rings. The van der Waals surface area contributed by atoms with Gasteiger partial charge in [-0.1, -0.05) is 25.1 Å². The molecule has 0 N–H and O–H groups in total. The fraction of sp³-hybridized carbons (Fsp3) is 0.353. The number of thiophene rings is 1. The largest absolute Gasteiger partial charge is 0.352 e. The zero-order valence-electron chi connectivity index (χ0n) is 13.6. The summed E-state index contributed by atoms with van der Waals surface area (Å²) >= 11 is 1.76. The quantitative estimate of drug-likeness (QED) is 0.673. The van der Waals surface area contributed by atoms with Crippen LogP contribution in [-0.4, -0.2) is 21.7 Å². The Morgan fingerprint density at radius 2 is 2.17 bits per heavy atom. The molecule has 3 aromatic heterocycles. The number of aromatic nitrogens is 3. The van der Waals surface area contributed by atoms with E-state index in [0.717, 1.165) is 30.3 Å². The number of pyridine rings is 1. The highest BCUT2D eigenvalue weighted by Gasteiger charge is 2.14.